The maximum Gasteiger partial charge on any atom is 0.338 e. The monoisotopic (exact) mass is 280 g/mol. The van der Waals surface area contributed by atoms with Crippen LogP contribution >= 0.6 is 0 Å². The summed E-state index contributed by atoms with van der Waals surface area (Å²) in [4.78, 5) is 22.8. The van der Waals surface area contributed by atoms with Crippen LogP contribution in [0.2, 0.25) is 0 Å². The van der Waals surface area contributed by atoms with Crippen LogP contribution in [0.5, 0.6) is 0 Å². The molecule has 1 saturated carbocycles. The average Bonchev–Trinajstić information content (AvgIpc) is 2.38. The highest BCUT2D eigenvalue weighted by Gasteiger charge is 2.28. The fourth-order valence-electron chi connectivity index (χ4n) is 2.49. The van der Waals surface area contributed by atoms with Gasteiger partial charge in [0.2, 0.25) is 5.91 Å². The van der Waals surface area contributed by atoms with Gasteiger partial charge in [-0.15, -0.1) is 0 Å². The fraction of sp³-hybridized carbons (Fsp3) is 0.429. The Kier molecular flexibility index (Phi) is 4.34. The van der Waals surface area contributed by atoms with Crippen molar-refractivity contribution in [3.05, 3.63) is 29.6 Å². The van der Waals surface area contributed by atoms with Crippen molar-refractivity contribution in [1.29, 1.82) is 0 Å². The first-order valence-corrected chi connectivity index (χ1v) is 6.58. The maximum absolute atomic E-state index is 13.5. The summed E-state index contributed by atoms with van der Waals surface area (Å²) in [6, 6.07) is 3.34. The lowest BCUT2D eigenvalue weighted by Crippen LogP contribution is -2.40. The van der Waals surface area contributed by atoms with Gasteiger partial charge in [0.15, 0.2) is 0 Å². The molecule has 1 aromatic rings. The van der Waals surface area contributed by atoms with E-state index < -0.39 is 17.3 Å². The molecule has 1 aliphatic carbocycles. The van der Waals surface area contributed by atoms with Crippen molar-refractivity contribution < 1.29 is 19.1 Å². The largest absolute Gasteiger partial charge is 0.478 e. The molecular formula is C14H17FN2O3. The highest BCUT2D eigenvalue weighted by atomic mass is 19.1. The minimum absolute atomic E-state index is 0.174. The number of aromatic carboxylic acids is 1. The number of anilines is 1. The number of hydrogen-bond acceptors (Lipinski definition) is 3. The number of carboxylic acids is 1. The Morgan fingerprint density at radius 2 is 2.00 bits per heavy atom. The number of rotatable bonds is 3. The summed E-state index contributed by atoms with van der Waals surface area (Å²) in [6.45, 7) is 0. The van der Waals surface area contributed by atoms with Crippen LogP contribution in [0.1, 0.15) is 36.0 Å². The van der Waals surface area contributed by atoms with Gasteiger partial charge in [-0.2, -0.15) is 0 Å². The van der Waals surface area contributed by atoms with Crippen LogP contribution in [-0.2, 0) is 4.79 Å². The standard InChI is InChI=1S/C14H17FN2O3/c15-11-7-8(5-6-9(11)14(19)20)17-13(18)10-3-1-2-4-12(10)16/h5-7,10,12H,1-4,16H2,(H,17,18)(H,19,20). The third-order valence-corrected chi connectivity index (χ3v) is 3.62. The van der Waals surface area contributed by atoms with Crippen LogP contribution in [0.15, 0.2) is 18.2 Å². The first-order chi connectivity index (χ1) is 9.49. The lowest BCUT2D eigenvalue weighted by molar-refractivity contribution is -0.121. The molecule has 0 spiro atoms. The van der Waals surface area contributed by atoms with E-state index in [1.807, 2.05) is 0 Å². The van der Waals surface area contributed by atoms with Crippen LogP contribution in [0.25, 0.3) is 0 Å². The molecule has 5 nitrogen and oxygen atoms in total. The molecule has 1 aliphatic rings. The normalized spacial score (nSPS) is 22.3. The molecule has 1 amide bonds. The van der Waals surface area contributed by atoms with Gasteiger partial charge in [-0.3, -0.25) is 4.79 Å². The first-order valence-electron chi connectivity index (χ1n) is 6.58. The number of nitrogens with one attached hydrogen (secondary N) is 1. The van der Waals surface area contributed by atoms with E-state index in [1.165, 1.54) is 6.07 Å². The molecule has 1 aromatic carbocycles. The number of carboxylic acid groups (broad SMARTS) is 1. The van der Waals surface area contributed by atoms with Gasteiger partial charge in [0.05, 0.1) is 11.5 Å². The number of carbonyl (C=O) groups excluding carboxylic acids is 1. The second-order valence-corrected chi connectivity index (χ2v) is 5.04. The van der Waals surface area contributed by atoms with E-state index in [4.69, 9.17) is 10.8 Å². The van der Waals surface area contributed by atoms with Gasteiger partial charge >= 0.3 is 5.97 Å². The predicted octanol–water partition coefficient (Wildman–Crippen LogP) is 1.98. The molecule has 6 heteroatoms. The van der Waals surface area contributed by atoms with Crippen LogP contribution < -0.4 is 11.1 Å². The van der Waals surface area contributed by atoms with Crippen LogP contribution in [0, 0.1) is 11.7 Å². The van der Waals surface area contributed by atoms with Gasteiger partial charge in [-0.05, 0) is 31.0 Å². The van der Waals surface area contributed by atoms with Crippen LogP contribution in [0.3, 0.4) is 0 Å². The van der Waals surface area contributed by atoms with E-state index in [1.54, 1.807) is 0 Å². The topological polar surface area (TPSA) is 92.4 Å². The minimum atomic E-state index is -1.34. The molecule has 0 aromatic heterocycles. The first kappa shape index (κ1) is 14.5. The van der Waals surface area contributed by atoms with Gasteiger partial charge in [-0.25, -0.2) is 9.18 Å². The number of benzene rings is 1. The molecular weight excluding hydrogens is 263 g/mol. The van der Waals surface area contributed by atoms with E-state index in [0.29, 0.717) is 0 Å². The number of amides is 1. The molecule has 2 rings (SSSR count). The van der Waals surface area contributed by atoms with Crippen molar-refractivity contribution in [2.75, 3.05) is 5.32 Å². The number of halogens is 1. The SMILES string of the molecule is NC1CCCCC1C(=O)Nc1ccc(C(=O)O)c(F)c1. The maximum atomic E-state index is 13.5. The molecule has 0 saturated heterocycles. The third kappa shape index (κ3) is 3.14. The Morgan fingerprint density at radius 3 is 2.60 bits per heavy atom. The zero-order valence-electron chi connectivity index (χ0n) is 10.9. The second kappa shape index (κ2) is 6.00. The lowest BCUT2D eigenvalue weighted by atomic mass is 9.84. The molecule has 20 heavy (non-hydrogen) atoms. The molecule has 2 unspecified atom stereocenters. The Labute approximate surface area is 116 Å². The zero-order chi connectivity index (χ0) is 14.7. The summed E-state index contributed by atoms with van der Waals surface area (Å²) in [7, 11) is 0. The Balaban J connectivity index is 2.08. The van der Waals surface area contributed by atoms with Crippen molar-refractivity contribution in [1.82, 2.24) is 0 Å². The van der Waals surface area contributed by atoms with Crippen LogP contribution in [-0.4, -0.2) is 23.0 Å². The lowest BCUT2D eigenvalue weighted by Gasteiger charge is -2.27. The molecule has 0 bridgehead atoms. The minimum Gasteiger partial charge on any atom is -0.478 e. The summed E-state index contributed by atoms with van der Waals surface area (Å²) < 4.78 is 13.5. The highest BCUT2D eigenvalue weighted by molar-refractivity contribution is 5.94. The highest BCUT2D eigenvalue weighted by Crippen LogP contribution is 2.24. The molecule has 0 heterocycles. The van der Waals surface area contributed by atoms with E-state index in [2.05, 4.69) is 5.32 Å². The Morgan fingerprint density at radius 1 is 1.30 bits per heavy atom. The van der Waals surface area contributed by atoms with Crippen molar-refractivity contribution in [2.24, 2.45) is 11.7 Å². The van der Waals surface area contributed by atoms with E-state index >= 15 is 0 Å². The zero-order valence-corrected chi connectivity index (χ0v) is 10.9. The van der Waals surface area contributed by atoms with E-state index in [0.717, 1.165) is 37.8 Å². The molecule has 0 radical (unpaired) electrons. The molecule has 108 valence electrons. The van der Waals surface area contributed by atoms with Crippen molar-refractivity contribution >= 4 is 17.6 Å². The smallest absolute Gasteiger partial charge is 0.338 e. The quantitative estimate of drug-likeness (QED) is 0.789. The van der Waals surface area contributed by atoms with Gasteiger partial charge < -0.3 is 16.2 Å². The summed E-state index contributed by atoms with van der Waals surface area (Å²) in [6.07, 6.45) is 3.51. The number of nitrogens with two attached hydrogens (primary N) is 1. The Hall–Kier alpha value is -1.95. The second-order valence-electron chi connectivity index (χ2n) is 5.04. The molecule has 2 atom stereocenters. The predicted molar refractivity (Wildman–Crippen MR) is 71.9 cm³/mol. The summed E-state index contributed by atoms with van der Waals surface area (Å²) >= 11 is 0. The fourth-order valence-corrected chi connectivity index (χ4v) is 2.49. The van der Waals surface area contributed by atoms with Gasteiger partial charge in [0, 0.05) is 11.7 Å². The average molecular weight is 280 g/mol. The van der Waals surface area contributed by atoms with Crippen molar-refractivity contribution in [2.45, 2.75) is 31.7 Å². The van der Waals surface area contributed by atoms with Crippen LogP contribution in [0.4, 0.5) is 10.1 Å². The van der Waals surface area contributed by atoms with E-state index in [9.17, 15) is 14.0 Å². The number of carbonyl (C=O) groups is 2. The van der Waals surface area contributed by atoms with Gasteiger partial charge in [-0.1, -0.05) is 12.8 Å². The third-order valence-electron chi connectivity index (χ3n) is 3.62. The Bertz CT molecular complexity index is 533. The number of hydrogen-bond donors (Lipinski definition) is 3. The molecule has 1 fully saturated rings. The van der Waals surface area contributed by atoms with Gasteiger partial charge in [0.25, 0.3) is 0 Å². The van der Waals surface area contributed by atoms with Gasteiger partial charge in [0.1, 0.15) is 5.82 Å². The summed E-state index contributed by atoms with van der Waals surface area (Å²) in [5.74, 6) is -2.72. The summed E-state index contributed by atoms with van der Waals surface area (Å²) in [5, 5.41) is 11.3. The van der Waals surface area contributed by atoms with E-state index in [-0.39, 0.29) is 23.6 Å². The summed E-state index contributed by atoms with van der Waals surface area (Å²) in [5.41, 5.74) is 5.74. The van der Waals surface area contributed by atoms with Crippen molar-refractivity contribution in [3.8, 4) is 0 Å². The molecule has 0 aliphatic heterocycles. The van der Waals surface area contributed by atoms with Crippen molar-refractivity contribution in [3.63, 3.8) is 0 Å². The molecule has 4 N–H and O–H groups in total.